The highest BCUT2D eigenvalue weighted by atomic mass is 16.4. The van der Waals surface area contributed by atoms with E-state index in [0.717, 1.165) is 12.0 Å². The quantitative estimate of drug-likeness (QED) is 0.825. The molecule has 0 spiro atoms. The van der Waals surface area contributed by atoms with E-state index in [1.54, 1.807) is 0 Å². The first-order chi connectivity index (χ1) is 8.88. The Labute approximate surface area is 113 Å². The van der Waals surface area contributed by atoms with Crippen LogP contribution in [0.25, 0.3) is 0 Å². The minimum Gasteiger partial charge on any atom is -0.480 e. The standard InChI is InChI=1S/C15H21NO3/c1-10(2)8-12-4-6-13(7-5-12)9-14(15(18)19)16-11(3)17/h4-7,10,14H,8-9H2,1-3H3,(H,16,17)(H,18,19). The fourth-order valence-corrected chi connectivity index (χ4v) is 1.96. The number of carbonyl (C=O) groups excluding carboxylic acids is 1. The molecule has 1 unspecified atom stereocenters. The Morgan fingerprint density at radius 3 is 1.95 bits per heavy atom. The van der Waals surface area contributed by atoms with Gasteiger partial charge in [-0.2, -0.15) is 0 Å². The first kappa shape index (κ1) is 15.2. The maximum Gasteiger partial charge on any atom is 0.326 e. The first-order valence-electron chi connectivity index (χ1n) is 6.46. The maximum atomic E-state index is 11.0. The monoisotopic (exact) mass is 263 g/mol. The number of carbonyl (C=O) groups is 2. The van der Waals surface area contributed by atoms with Gasteiger partial charge in [-0.05, 0) is 23.5 Å². The summed E-state index contributed by atoms with van der Waals surface area (Å²) < 4.78 is 0. The number of carboxylic acid groups (broad SMARTS) is 1. The van der Waals surface area contributed by atoms with E-state index in [9.17, 15) is 9.59 Å². The molecule has 1 aromatic carbocycles. The summed E-state index contributed by atoms with van der Waals surface area (Å²) in [5, 5.41) is 11.5. The van der Waals surface area contributed by atoms with E-state index < -0.39 is 12.0 Å². The molecule has 0 aliphatic heterocycles. The van der Waals surface area contributed by atoms with Gasteiger partial charge in [0, 0.05) is 13.3 Å². The third kappa shape index (κ3) is 5.55. The summed E-state index contributed by atoms with van der Waals surface area (Å²) in [6, 6.07) is 7.02. The molecule has 4 nitrogen and oxygen atoms in total. The van der Waals surface area contributed by atoms with Crippen molar-refractivity contribution in [1.29, 1.82) is 0 Å². The fraction of sp³-hybridized carbons (Fsp3) is 0.467. The Hall–Kier alpha value is -1.84. The van der Waals surface area contributed by atoms with Crippen LogP contribution in [0.5, 0.6) is 0 Å². The Kier molecular flexibility index (Phi) is 5.55. The van der Waals surface area contributed by atoms with Gasteiger partial charge in [0.05, 0.1) is 0 Å². The van der Waals surface area contributed by atoms with Gasteiger partial charge >= 0.3 is 5.97 Å². The minimum absolute atomic E-state index is 0.302. The molecule has 1 rings (SSSR count). The van der Waals surface area contributed by atoms with Gasteiger partial charge in [-0.25, -0.2) is 4.79 Å². The SMILES string of the molecule is CC(=O)NC(Cc1ccc(CC(C)C)cc1)C(=O)O. The molecular formula is C15H21NO3. The second kappa shape index (κ2) is 6.92. The van der Waals surface area contributed by atoms with E-state index in [-0.39, 0.29) is 5.91 Å². The summed E-state index contributed by atoms with van der Waals surface area (Å²) in [6.45, 7) is 5.64. The molecule has 1 atom stereocenters. The van der Waals surface area contributed by atoms with Crippen LogP contribution < -0.4 is 5.32 Å². The van der Waals surface area contributed by atoms with Gasteiger partial charge in [0.25, 0.3) is 0 Å². The summed E-state index contributed by atoms with van der Waals surface area (Å²) in [4.78, 5) is 22.0. The van der Waals surface area contributed by atoms with E-state index in [2.05, 4.69) is 19.2 Å². The van der Waals surface area contributed by atoms with Crippen molar-refractivity contribution in [2.75, 3.05) is 0 Å². The normalized spacial score (nSPS) is 12.2. The summed E-state index contributed by atoms with van der Waals surface area (Å²) in [5.74, 6) is -0.748. The Morgan fingerprint density at radius 1 is 1.11 bits per heavy atom. The largest absolute Gasteiger partial charge is 0.480 e. The van der Waals surface area contributed by atoms with E-state index in [1.165, 1.54) is 12.5 Å². The van der Waals surface area contributed by atoms with Crippen molar-refractivity contribution in [2.45, 2.75) is 39.7 Å². The lowest BCUT2D eigenvalue weighted by Crippen LogP contribution is -2.41. The van der Waals surface area contributed by atoms with E-state index in [0.29, 0.717) is 12.3 Å². The fourth-order valence-electron chi connectivity index (χ4n) is 1.96. The molecule has 0 saturated carbocycles. The van der Waals surface area contributed by atoms with Crippen molar-refractivity contribution in [3.63, 3.8) is 0 Å². The number of rotatable bonds is 6. The number of aliphatic carboxylic acids is 1. The predicted octanol–water partition coefficient (Wildman–Crippen LogP) is 2.02. The van der Waals surface area contributed by atoms with Crippen molar-refractivity contribution in [3.8, 4) is 0 Å². The van der Waals surface area contributed by atoms with Crippen molar-refractivity contribution in [1.82, 2.24) is 5.32 Å². The van der Waals surface area contributed by atoms with Gasteiger partial charge in [-0.3, -0.25) is 4.79 Å². The van der Waals surface area contributed by atoms with E-state index in [4.69, 9.17) is 5.11 Å². The summed E-state index contributed by atoms with van der Waals surface area (Å²) in [7, 11) is 0. The topological polar surface area (TPSA) is 66.4 Å². The van der Waals surface area contributed by atoms with Gasteiger partial charge in [0.15, 0.2) is 0 Å². The lowest BCUT2D eigenvalue weighted by Gasteiger charge is -2.13. The molecule has 2 N–H and O–H groups in total. The van der Waals surface area contributed by atoms with Crippen molar-refractivity contribution in [3.05, 3.63) is 35.4 Å². The molecule has 0 heterocycles. The molecule has 104 valence electrons. The average Bonchev–Trinajstić information content (AvgIpc) is 2.29. The summed E-state index contributed by atoms with van der Waals surface area (Å²) in [6.07, 6.45) is 1.31. The molecule has 0 bridgehead atoms. The highest BCUT2D eigenvalue weighted by Crippen LogP contribution is 2.11. The van der Waals surface area contributed by atoms with E-state index in [1.807, 2.05) is 24.3 Å². The van der Waals surface area contributed by atoms with Crippen LogP contribution >= 0.6 is 0 Å². The Morgan fingerprint density at radius 2 is 1.58 bits per heavy atom. The number of benzene rings is 1. The van der Waals surface area contributed by atoms with Crippen LogP contribution in [-0.2, 0) is 22.4 Å². The Balaban J connectivity index is 2.69. The van der Waals surface area contributed by atoms with Crippen LogP contribution in [0.3, 0.4) is 0 Å². The molecule has 0 saturated heterocycles. The maximum absolute atomic E-state index is 11.0. The van der Waals surface area contributed by atoms with Crippen LogP contribution in [0.1, 0.15) is 31.9 Å². The van der Waals surface area contributed by atoms with E-state index >= 15 is 0 Å². The lowest BCUT2D eigenvalue weighted by molar-refractivity contribution is -0.141. The predicted molar refractivity (Wildman–Crippen MR) is 73.9 cm³/mol. The van der Waals surface area contributed by atoms with Gasteiger partial charge in [0.2, 0.25) is 5.91 Å². The number of hydrogen-bond acceptors (Lipinski definition) is 2. The minimum atomic E-state index is -1.01. The van der Waals surface area contributed by atoms with Gasteiger partial charge in [-0.1, -0.05) is 38.1 Å². The average molecular weight is 263 g/mol. The van der Waals surface area contributed by atoms with Crippen LogP contribution in [0, 0.1) is 5.92 Å². The molecule has 4 heteroatoms. The molecule has 0 aliphatic rings. The molecule has 1 amide bonds. The van der Waals surface area contributed by atoms with Crippen molar-refractivity contribution >= 4 is 11.9 Å². The summed E-state index contributed by atoms with van der Waals surface area (Å²) in [5.41, 5.74) is 2.15. The van der Waals surface area contributed by atoms with Gasteiger partial charge < -0.3 is 10.4 Å². The number of nitrogens with one attached hydrogen (secondary N) is 1. The number of hydrogen-bond donors (Lipinski definition) is 2. The van der Waals surface area contributed by atoms with Crippen LogP contribution in [0.2, 0.25) is 0 Å². The summed E-state index contributed by atoms with van der Waals surface area (Å²) >= 11 is 0. The van der Waals surface area contributed by atoms with Crippen LogP contribution in [-0.4, -0.2) is 23.0 Å². The molecule has 19 heavy (non-hydrogen) atoms. The first-order valence-corrected chi connectivity index (χ1v) is 6.46. The zero-order valence-corrected chi connectivity index (χ0v) is 11.6. The van der Waals surface area contributed by atoms with Gasteiger partial charge in [0.1, 0.15) is 6.04 Å². The molecular weight excluding hydrogens is 242 g/mol. The zero-order valence-electron chi connectivity index (χ0n) is 11.6. The number of carboxylic acids is 1. The van der Waals surface area contributed by atoms with Crippen molar-refractivity contribution < 1.29 is 14.7 Å². The molecule has 0 aromatic heterocycles. The van der Waals surface area contributed by atoms with Crippen LogP contribution in [0.4, 0.5) is 0 Å². The third-order valence-electron chi connectivity index (χ3n) is 2.78. The zero-order chi connectivity index (χ0) is 14.4. The molecule has 0 aliphatic carbocycles. The highest BCUT2D eigenvalue weighted by molar-refractivity contribution is 5.82. The second-order valence-electron chi connectivity index (χ2n) is 5.21. The second-order valence-corrected chi connectivity index (χ2v) is 5.21. The smallest absolute Gasteiger partial charge is 0.326 e. The lowest BCUT2D eigenvalue weighted by atomic mass is 9.99. The molecule has 1 aromatic rings. The molecule has 0 radical (unpaired) electrons. The van der Waals surface area contributed by atoms with Crippen LogP contribution in [0.15, 0.2) is 24.3 Å². The third-order valence-corrected chi connectivity index (χ3v) is 2.78. The molecule has 0 fully saturated rings. The van der Waals surface area contributed by atoms with Crippen molar-refractivity contribution in [2.24, 2.45) is 5.92 Å². The number of amides is 1. The van der Waals surface area contributed by atoms with Gasteiger partial charge in [-0.15, -0.1) is 0 Å². The highest BCUT2D eigenvalue weighted by Gasteiger charge is 2.18. The Bertz CT molecular complexity index is 437.